The van der Waals surface area contributed by atoms with Gasteiger partial charge in [-0.15, -0.1) is 0 Å². The maximum Gasteiger partial charge on any atom is 0.290 e. The first-order chi connectivity index (χ1) is 17.0. The number of rotatable bonds is 7. The van der Waals surface area contributed by atoms with Gasteiger partial charge in [-0.3, -0.25) is 14.5 Å². The summed E-state index contributed by atoms with van der Waals surface area (Å²) in [7, 11) is 4.66. The molecular formula is C26H28N2O7. The molecule has 1 aromatic heterocycles. The molecule has 35 heavy (non-hydrogen) atoms. The van der Waals surface area contributed by atoms with Crippen molar-refractivity contribution < 1.29 is 28.2 Å². The zero-order valence-electron chi connectivity index (χ0n) is 20.0. The lowest BCUT2D eigenvalue weighted by atomic mass is 9.98. The van der Waals surface area contributed by atoms with E-state index in [0.717, 1.165) is 18.7 Å². The second kappa shape index (κ2) is 9.59. The van der Waals surface area contributed by atoms with Gasteiger partial charge in [-0.25, -0.2) is 0 Å². The van der Waals surface area contributed by atoms with Crippen molar-refractivity contribution in [3.8, 4) is 17.2 Å². The molecule has 0 N–H and O–H groups in total. The van der Waals surface area contributed by atoms with Gasteiger partial charge in [0.05, 0.1) is 51.5 Å². The SMILES string of the molecule is COc1ccc2c(=O)c3c(oc2c1)C(=O)N(CCN1CCOCC1)C3c1ccc(OC)c(OC)c1. The van der Waals surface area contributed by atoms with Gasteiger partial charge in [0.15, 0.2) is 16.9 Å². The number of ether oxygens (including phenoxy) is 4. The molecule has 0 aliphatic carbocycles. The average Bonchev–Trinajstić information content (AvgIpc) is 3.18. The summed E-state index contributed by atoms with van der Waals surface area (Å²) >= 11 is 0. The number of amides is 1. The lowest BCUT2D eigenvalue weighted by Gasteiger charge is -2.31. The van der Waals surface area contributed by atoms with Crippen molar-refractivity contribution >= 4 is 16.9 Å². The van der Waals surface area contributed by atoms with E-state index in [0.29, 0.717) is 60.1 Å². The Labute approximate surface area is 202 Å². The van der Waals surface area contributed by atoms with Gasteiger partial charge in [0.25, 0.3) is 5.91 Å². The van der Waals surface area contributed by atoms with Crippen LogP contribution in [0.2, 0.25) is 0 Å². The van der Waals surface area contributed by atoms with E-state index in [4.69, 9.17) is 23.4 Å². The molecule has 1 saturated heterocycles. The maximum absolute atomic E-state index is 13.7. The second-order valence-electron chi connectivity index (χ2n) is 8.51. The monoisotopic (exact) mass is 480 g/mol. The summed E-state index contributed by atoms with van der Waals surface area (Å²) < 4.78 is 27.7. The highest BCUT2D eigenvalue weighted by molar-refractivity contribution is 5.99. The number of nitrogens with zero attached hydrogens (tertiary/aromatic N) is 2. The average molecular weight is 481 g/mol. The molecule has 2 aromatic carbocycles. The molecular weight excluding hydrogens is 452 g/mol. The van der Waals surface area contributed by atoms with Crippen LogP contribution < -0.4 is 19.6 Å². The zero-order chi connectivity index (χ0) is 24.5. The van der Waals surface area contributed by atoms with E-state index in [1.165, 1.54) is 7.11 Å². The van der Waals surface area contributed by atoms with Gasteiger partial charge in [0.1, 0.15) is 11.3 Å². The fourth-order valence-electron chi connectivity index (χ4n) is 4.80. The first-order valence-electron chi connectivity index (χ1n) is 11.5. The molecule has 1 atom stereocenters. The van der Waals surface area contributed by atoms with E-state index in [9.17, 15) is 9.59 Å². The van der Waals surface area contributed by atoms with Crippen LogP contribution in [0, 0.1) is 0 Å². The smallest absolute Gasteiger partial charge is 0.290 e. The number of benzene rings is 2. The highest BCUT2D eigenvalue weighted by Gasteiger charge is 2.43. The predicted octanol–water partition coefficient (Wildman–Crippen LogP) is 2.70. The van der Waals surface area contributed by atoms with Crippen molar-refractivity contribution in [1.82, 2.24) is 9.80 Å². The van der Waals surface area contributed by atoms with Crippen molar-refractivity contribution in [3.05, 3.63) is 63.5 Å². The van der Waals surface area contributed by atoms with Gasteiger partial charge in [-0.05, 0) is 29.8 Å². The van der Waals surface area contributed by atoms with Gasteiger partial charge in [0, 0.05) is 32.2 Å². The fraction of sp³-hybridized carbons (Fsp3) is 0.385. The van der Waals surface area contributed by atoms with Crippen molar-refractivity contribution in [2.75, 3.05) is 60.7 Å². The van der Waals surface area contributed by atoms with Crippen molar-refractivity contribution in [2.24, 2.45) is 0 Å². The van der Waals surface area contributed by atoms with Gasteiger partial charge >= 0.3 is 0 Å². The third-order valence-corrected chi connectivity index (χ3v) is 6.66. The quantitative estimate of drug-likeness (QED) is 0.510. The number of hydrogen-bond acceptors (Lipinski definition) is 8. The minimum Gasteiger partial charge on any atom is -0.497 e. The lowest BCUT2D eigenvalue weighted by Crippen LogP contribution is -2.42. The van der Waals surface area contributed by atoms with Crippen LogP contribution in [0.15, 0.2) is 45.6 Å². The number of fused-ring (bicyclic) bond motifs is 2. The first-order valence-corrected chi connectivity index (χ1v) is 11.5. The molecule has 0 spiro atoms. The molecule has 2 aliphatic heterocycles. The number of morpholine rings is 1. The van der Waals surface area contributed by atoms with E-state index < -0.39 is 6.04 Å². The summed E-state index contributed by atoms with van der Waals surface area (Å²) in [6.07, 6.45) is 0. The molecule has 1 fully saturated rings. The Morgan fingerprint density at radius 1 is 0.914 bits per heavy atom. The highest BCUT2D eigenvalue weighted by atomic mass is 16.5. The van der Waals surface area contributed by atoms with Crippen LogP contribution in [0.5, 0.6) is 17.2 Å². The number of carbonyl (C=O) groups excluding carboxylic acids is 1. The van der Waals surface area contributed by atoms with Gasteiger partial charge in [0.2, 0.25) is 5.76 Å². The van der Waals surface area contributed by atoms with Crippen LogP contribution in [0.4, 0.5) is 0 Å². The fourth-order valence-corrected chi connectivity index (χ4v) is 4.80. The zero-order valence-corrected chi connectivity index (χ0v) is 20.0. The summed E-state index contributed by atoms with van der Waals surface area (Å²) in [6.45, 7) is 4.03. The Bertz CT molecular complexity index is 1310. The van der Waals surface area contributed by atoms with Crippen LogP contribution >= 0.6 is 0 Å². The maximum atomic E-state index is 13.7. The van der Waals surface area contributed by atoms with Gasteiger partial charge in [-0.2, -0.15) is 0 Å². The number of methoxy groups -OCH3 is 3. The largest absolute Gasteiger partial charge is 0.497 e. The predicted molar refractivity (Wildman–Crippen MR) is 129 cm³/mol. The lowest BCUT2D eigenvalue weighted by molar-refractivity contribution is 0.0314. The minimum atomic E-state index is -0.610. The van der Waals surface area contributed by atoms with E-state index >= 15 is 0 Å². The summed E-state index contributed by atoms with van der Waals surface area (Å²) in [6, 6.07) is 9.85. The van der Waals surface area contributed by atoms with Crippen molar-refractivity contribution in [2.45, 2.75) is 6.04 Å². The molecule has 3 heterocycles. The Balaban J connectivity index is 1.62. The molecule has 0 radical (unpaired) electrons. The molecule has 3 aromatic rings. The van der Waals surface area contributed by atoms with Crippen LogP contribution in [0.1, 0.15) is 27.7 Å². The summed E-state index contributed by atoms with van der Waals surface area (Å²) in [5.41, 5.74) is 1.17. The molecule has 184 valence electrons. The van der Waals surface area contributed by atoms with E-state index in [2.05, 4.69) is 4.90 Å². The number of carbonyl (C=O) groups is 1. The third-order valence-electron chi connectivity index (χ3n) is 6.66. The molecule has 1 unspecified atom stereocenters. The van der Waals surface area contributed by atoms with E-state index in [1.54, 1.807) is 43.4 Å². The first kappa shape index (κ1) is 23.2. The third kappa shape index (κ3) is 4.11. The van der Waals surface area contributed by atoms with Gasteiger partial charge in [-0.1, -0.05) is 6.07 Å². The molecule has 9 heteroatoms. The summed E-state index contributed by atoms with van der Waals surface area (Å²) in [5, 5.41) is 0.401. The van der Waals surface area contributed by atoms with Crippen LogP contribution in [-0.2, 0) is 4.74 Å². The summed E-state index contributed by atoms with van der Waals surface area (Å²) in [5.74, 6) is 1.39. The Morgan fingerprint density at radius 2 is 1.69 bits per heavy atom. The van der Waals surface area contributed by atoms with E-state index in [1.807, 2.05) is 12.1 Å². The van der Waals surface area contributed by atoms with Crippen LogP contribution in [0.3, 0.4) is 0 Å². The Hall–Kier alpha value is -3.56. The molecule has 2 aliphatic rings. The normalized spacial score (nSPS) is 18.1. The highest BCUT2D eigenvalue weighted by Crippen LogP contribution is 2.41. The molecule has 5 rings (SSSR count). The summed E-state index contributed by atoms with van der Waals surface area (Å²) in [4.78, 5) is 31.3. The second-order valence-corrected chi connectivity index (χ2v) is 8.51. The molecule has 0 saturated carbocycles. The Kier molecular flexibility index (Phi) is 6.36. The van der Waals surface area contributed by atoms with Crippen molar-refractivity contribution in [3.63, 3.8) is 0 Å². The van der Waals surface area contributed by atoms with Crippen LogP contribution in [0.25, 0.3) is 11.0 Å². The topological polar surface area (TPSA) is 90.7 Å². The van der Waals surface area contributed by atoms with Crippen molar-refractivity contribution in [1.29, 1.82) is 0 Å². The molecule has 0 bridgehead atoms. The molecule has 9 nitrogen and oxygen atoms in total. The standard InChI is InChI=1S/C26H28N2O7/c1-31-17-5-6-18-20(15-17)35-25-22(24(18)29)23(16-4-7-19(32-2)21(14-16)33-3)28(26(25)30)9-8-27-10-12-34-13-11-27/h4-7,14-15,23H,8-13H2,1-3H3. The molecule has 1 amide bonds. The van der Waals surface area contributed by atoms with Crippen LogP contribution in [-0.4, -0.2) is 76.4 Å². The minimum absolute atomic E-state index is 0.0671. The number of hydrogen-bond donors (Lipinski definition) is 0. The van der Waals surface area contributed by atoms with Gasteiger partial charge < -0.3 is 28.3 Å². The van der Waals surface area contributed by atoms with E-state index in [-0.39, 0.29) is 17.1 Å². The Morgan fingerprint density at radius 3 is 2.40 bits per heavy atom.